The van der Waals surface area contributed by atoms with Crippen LogP contribution in [0, 0.1) is 0 Å². The maximum Gasteiger partial charge on any atom is 0.134 e. The summed E-state index contributed by atoms with van der Waals surface area (Å²) < 4.78 is 1.89. The Morgan fingerprint density at radius 3 is 2.48 bits per heavy atom. The van der Waals surface area contributed by atoms with Crippen molar-refractivity contribution in [3.63, 3.8) is 0 Å². The molecular weight excluding hydrogens is 429 g/mol. The maximum absolute atomic E-state index is 6.57. The Morgan fingerprint density at radius 2 is 1.68 bits per heavy atom. The summed E-state index contributed by atoms with van der Waals surface area (Å²) in [6.07, 6.45) is 6.91. The monoisotopic (exact) mass is 451 g/mol. The lowest BCUT2D eigenvalue weighted by Gasteiger charge is -2.13. The molecule has 4 aromatic rings. The quantitative estimate of drug-likeness (QED) is 0.378. The summed E-state index contributed by atoms with van der Waals surface area (Å²) in [5, 5.41) is 6.32. The molecule has 158 valence electrons. The van der Waals surface area contributed by atoms with Gasteiger partial charge in [0, 0.05) is 22.5 Å². The highest BCUT2D eigenvalue weighted by Crippen LogP contribution is 2.38. The Labute approximate surface area is 191 Å². The maximum atomic E-state index is 6.57. The molecule has 2 unspecified atom stereocenters. The van der Waals surface area contributed by atoms with Crippen LogP contribution in [0.5, 0.6) is 0 Å². The lowest BCUT2D eigenvalue weighted by molar-refractivity contribution is 0.562. The van der Waals surface area contributed by atoms with E-state index in [1.54, 1.807) is 6.33 Å². The lowest BCUT2D eigenvalue weighted by atomic mass is 9.95. The molecule has 2 heterocycles. The number of nitrogens with two attached hydrogens (primary N) is 1. The van der Waals surface area contributed by atoms with Crippen molar-refractivity contribution in [1.82, 2.24) is 19.7 Å². The molecule has 1 saturated carbocycles. The highest BCUT2D eigenvalue weighted by atomic mass is 35.5. The molecule has 0 bridgehead atoms. The molecule has 7 heteroatoms. The van der Waals surface area contributed by atoms with E-state index in [2.05, 4.69) is 4.98 Å². The van der Waals surface area contributed by atoms with E-state index in [-0.39, 0.29) is 6.04 Å². The first-order chi connectivity index (χ1) is 15.1. The second-order valence-corrected chi connectivity index (χ2v) is 8.98. The normalized spacial score (nSPS) is 19.5. The zero-order valence-corrected chi connectivity index (χ0v) is 18.5. The molecule has 5 nitrogen and oxygen atoms in total. The first-order valence-corrected chi connectivity index (χ1v) is 11.4. The Bertz CT molecular complexity index is 1220. The number of nitrogens with zero attached hydrogens (tertiary/aromatic N) is 4. The fourth-order valence-electron chi connectivity index (χ4n) is 4.48. The van der Waals surface area contributed by atoms with Gasteiger partial charge < -0.3 is 5.73 Å². The second-order valence-electron chi connectivity index (χ2n) is 8.14. The van der Waals surface area contributed by atoms with Gasteiger partial charge in [0.25, 0.3) is 0 Å². The van der Waals surface area contributed by atoms with Gasteiger partial charge in [0.2, 0.25) is 0 Å². The Morgan fingerprint density at radius 1 is 0.871 bits per heavy atom. The molecule has 0 radical (unpaired) electrons. The minimum atomic E-state index is 0.271. The summed E-state index contributed by atoms with van der Waals surface area (Å²) in [6, 6.07) is 15.7. The van der Waals surface area contributed by atoms with Gasteiger partial charge in [-0.3, -0.25) is 0 Å². The van der Waals surface area contributed by atoms with E-state index in [4.69, 9.17) is 39.0 Å². The van der Waals surface area contributed by atoms with Gasteiger partial charge in [-0.15, -0.1) is 0 Å². The number of fused-ring (bicyclic) bond motifs is 1. The molecular formula is C24H23Cl2N5. The van der Waals surface area contributed by atoms with Crippen molar-refractivity contribution < 1.29 is 0 Å². The number of hydrogen-bond acceptors (Lipinski definition) is 4. The molecule has 1 aliphatic rings. The van der Waals surface area contributed by atoms with Crippen LogP contribution in [0.1, 0.15) is 43.7 Å². The first-order valence-electron chi connectivity index (χ1n) is 10.6. The minimum Gasteiger partial charge on any atom is -0.328 e. The first kappa shape index (κ1) is 20.4. The Hall–Kier alpha value is -2.47. The van der Waals surface area contributed by atoms with Crippen LogP contribution in [0.4, 0.5) is 0 Å². The van der Waals surface area contributed by atoms with Crippen molar-refractivity contribution in [3.05, 3.63) is 70.6 Å². The van der Waals surface area contributed by atoms with Crippen molar-refractivity contribution in [2.24, 2.45) is 5.73 Å². The van der Waals surface area contributed by atoms with Gasteiger partial charge in [-0.25, -0.2) is 14.6 Å². The summed E-state index contributed by atoms with van der Waals surface area (Å²) in [7, 11) is 0. The zero-order chi connectivity index (χ0) is 21.4. The van der Waals surface area contributed by atoms with E-state index < -0.39 is 0 Å². The fraction of sp³-hybridized carbons (Fsp3) is 0.292. The number of hydrogen-bond donors (Lipinski definition) is 1. The predicted octanol–water partition coefficient (Wildman–Crippen LogP) is 6.16. The van der Waals surface area contributed by atoms with Crippen molar-refractivity contribution in [3.8, 4) is 16.9 Å². The largest absolute Gasteiger partial charge is 0.328 e. The highest BCUT2D eigenvalue weighted by Gasteiger charge is 2.26. The third kappa shape index (κ3) is 3.93. The van der Waals surface area contributed by atoms with E-state index in [0.29, 0.717) is 16.0 Å². The van der Waals surface area contributed by atoms with E-state index in [1.807, 2.05) is 53.2 Å². The average molecular weight is 452 g/mol. The molecule has 0 saturated heterocycles. The molecule has 1 aliphatic carbocycles. The van der Waals surface area contributed by atoms with Gasteiger partial charge in [0.1, 0.15) is 23.1 Å². The number of benzene rings is 2. The fourth-order valence-corrected chi connectivity index (χ4v) is 4.82. The van der Waals surface area contributed by atoms with Gasteiger partial charge in [0.15, 0.2) is 0 Å². The number of rotatable bonds is 3. The Kier molecular flexibility index (Phi) is 5.65. The topological polar surface area (TPSA) is 69.6 Å². The van der Waals surface area contributed by atoms with Gasteiger partial charge >= 0.3 is 0 Å². The molecule has 2 atom stereocenters. The van der Waals surface area contributed by atoms with Crippen LogP contribution in [0.15, 0.2) is 54.9 Å². The van der Waals surface area contributed by atoms with Crippen LogP contribution in [0.2, 0.25) is 10.0 Å². The molecule has 0 spiro atoms. The van der Waals surface area contributed by atoms with Crippen LogP contribution >= 0.6 is 23.2 Å². The zero-order valence-electron chi connectivity index (χ0n) is 17.0. The minimum absolute atomic E-state index is 0.271. The molecule has 1 fully saturated rings. The standard InChI is InChI=1S/C24H23Cl2N5/c25-17-11-8-16(9-12-17)24-23-22(30-31(24)20-7-2-1-6-19(20)26)21(28-14-29-23)15-4-3-5-18(27)13-10-15/h1-2,6-9,11-12,14-15,18H,3-5,10,13,27H2. The highest BCUT2D eigenvalue weighted by molar-refractivity contribution is 6.32. The van der Waals surface area contributed by atoms with Crippen LogP contribution in [0.3, 0.4) is 0 Å². The van der Waals surface area contributed by atoms with Crippen molar-refractivity contribution >= 4 is 34.2 Å². The summed E-state index contributed by atoms with van der Waals surface area (Å²) in [5.74, 6) is 0.326. The second kappa shape index (κ2) is 8.58. The van der Waals surface area contributed by atoms with Crippen LogP contribution in [0.25, 0.3) is 28.0 Å². The van der Waals surface area contributed by atoms with Crippen LogP contribution < -0.4 is 5.73 Å². The Balaban J connectivity index is 1.74. The van der Waals surface area contributed by atoms with E-state index in [0.717, 1.165) is 65.8 Å². The van der Waals surface area contributed by atoms with E-state index in [9.17, 15) is 0 Å². The van der Waals surface area contributed by atoms with E-state index >= 15 is 0 Å². The summed E-state index contributed by atoms with van der Waals surface area (Å²) >= 11 is 12.7. The average Bonchev–Trinajstić information content (AvgIpc) is 3.03. The number of aromatic nitrogens is 4. The van der Waals surface area contributed by atoms with Gasteiger partial charge in [0.05, 0.1) is 16.4 Å². The third-order valence-electron chi connectivity index (χ3n) is 6.09. The molecule has 31 heavy (non-hydrogen) atoms. The molecule has 5 rings (SSSR count). The number of halogens is 2. The molecule has 0 aliphatic heterocycles. The number of para-hydroxylation sites is 1. The molecule has 0 amide bonds. The van der Waals surface area contributed by atoms with Crippen LogP contribution in [-0.4, -0.2) is 25.8 Å². The summed E-state index contributed by atoms with van der Waals surface area (Å²) in [4.78, 5) is 9.35. The third-order valence-corrected chi connectivity index (χ3v) is 6.66. The van der Waals surface area contributed by atoms with Gasteiger partial charge in [-0.1, -0.05) is 53.9 Å². The van der Waals surface area contributed by atoms with Gasteiger partial charge in [-0.2, -0.15) is 5.10 Å². The predicted molar refractivity (Wildman–Crippen MR) is 126 cm³/mol. The van der Waals surface area contributed by atoms with Crippen molar-refractivity contribution in [2.45, 2.75) is 44.1 Å². The summed E-state index contributed by atoms with van der Waals surface area (Å²) in [6.45, 7) is 0. The molecule has 2 aromatic heterocycles. The van der Waals surface area contributed by atoms with E-state index in [1.165, 1.54) is 0 Å². The SMILES string of the molecule is NC1CCCC(c2ncnc3c(-c4ccc(Cl)cc4)n(-c4ccccc4Cl)nc23)CC1. The van der Waals surface area contributed by atoms with Crippen LogP contribution in [-0.2, 0) is 0 Å². The molecule has 2 N–H and O–H groups in total. The van der Waals surface area contributed by atoms with Gasteiger partial charge in [-0.05, 0) is 49.9 Å². The van der Waals surface area contributed by atoms with Crippen molar-refractivity contribution in [2.75, 3.05) is 0 Å². The van der Waals surface area contributed by atoms with Crippen molar-refractivity contribution in [1.29, 1.82) is 0 Å². The summed E-state index contributed by atoms with van der Waals surface area (Å²) in [5.41, 5.74) is 11.5. The smallest absolute Gasteiger partial charge is 0.134 e. The lowest BCUT2D eigenvalue weighted by Crippen LogP contribution is -2.18. The molecule has 2 aromatic carbocycles.